The minimum atomic E-state index is 0.195. The predicted octanol–water partition coefficient (Wildman–Crippen LogP) is 3.29. The molecule has 3 heteroatoms. The van der Waals surface area contributed by atoms with Crippen molar-refractivity contribution in [2.75, 3.05) is 39.4 Å². The second kappa shape index (κ2) is 7.43. The summed E-state index contributed by atoms with van der Waals surface area (Å²) in [6, 6.07) is 0. The summed E-state index contributed by atoms with van der Waals surface area (Å²) in [4.78, 5) is 2.71. The highest BCUT2D eigenvalue weighted by molar-refractivity contribution is 4.91. The number of hydrogen-bond donors (Lipinski definition) is 1. The summed E-state index contributed by atoms with van der Waals surface area (Å²) in [5, 5.41) is 3.74. The summed E-state index contributed by atoms with van der Waals surface area (Å²) < 4.78 is 5.87. The highest BCUT2D eigenvalue weighted by Crippen LogP contribution is 2.32. The summed E-state index contributed by atoms with van der Waals surface area (Å²) in [5.41, 5.74) is 0.521. The molecule has 0 aromatic carbocycles. The smallest absolute Gasteiger partial charge is 0.0546 e. The van der Waals surface area contributed by atoms with Crippen molar-refractivity contribution in [3.63, 3.8) is 0 Å². The van der Waals surface area contributed by atoms with Crippen molar-refractivity contribution in [1.82, 2.24) is 10.2 Å². The van der Waals surface area contributed by atoms with Crippen LogP contribution in [0.2, 0.25) is 0 Å². The minimum absolute atomic E-state index is 0.195. The lowest BCUT2D eigenvalue weighted by Gasteiger charge is -2.42. The molecule has 0 spiro atoms. The van der Waals surface area contributed by atoms with E-state index in [0.717, 1.165) is 25.7 Å². The summed E-state index contributed by atoms with van der Waals surface area (Å²) in [7, 11) is 0. The summed E-state index contributed by atoms with van der Waals surface area (Å²) in [5.74, 6) is 0.937. The van der Waals surface area contributed by atoms with E-state index in [0.29, 0.717) is 5.41 Å². The average Bonchev–Trinajstić information content (AvgIpc) is 2.85. The molecular formula is C18H36N2O. The molecule has 1 N–H and O–H groups in total. The molecule has 2 aliphatic heterocycles. The van der Waals surface area contributed by atoms with Crippen molar-refractivity contribution in [2.24, 2.45) is 11.3 Å². The van der Waals surface area contributed by atoms with Gasteiger partial charge in [-0.1, -0.05) is 13.3 Å². The van der Waals surface area contributed by atoms with E-state index in [1.165, 1.54) is 51.7 Å². The quantitative estimate of drug-likeness (QED) is 0.814. The van der Waals surface area contributed by atoms with E-state index in [9.17, 15) is 0 Å². The van der Waals surface area contributed by atoms with Crippen LogP contribution in [0.15, 0.2) is 0 Å². The highest BCUT2D eigenvalue weighted by atomic mass is 16.5. The molecule has 2 atom stereocenters. The van der Waals surface area contributed by atoms with E-state index in [-0.39, 0.29) is 5.54 Å². The molecule has 0 saturated carbocycles. The van der Waals surface area contributed by atoms with E-state index < -0.39 is 0 Å². The first-order valence-electron chi connectivity index (χ1n) is 8.98. The van der Waals surface area contributed by atoms with Crippen molar-refractivity contribution in [3.05, 3.63) is 0 Å². The van der Waals surface area contributed by atoms with Crippen LogP contribution in [0, 0.1) is 11.3 Å². The molecule has 2 rings (SSSR count). The molecule has 0 aliphatic carbocycles. The van der Waals surface area contributed by atoms with Crippen LogP contribution in [-0.4, -0.2) is 49.8 Å². The first kappa shape index (κ1) is 17.2. The Balaban J connectivity index is 1.90. The Labute approximate surface area is 131 Å². The first-order valence-corrected chi connectivity index (χ1v) is 8.98. The molecular weight excluding hydrogens is 260 g/mol. The number of nitrogens with one attached hydrogen (secondary N) is 1. The molecule has 0 radical (unpaired) electrons. The van der Waals surface area contributed by atoms with Crippen molar-refractivity contribution in [1.29, 1.82) is 0 Å². The summed E-state index contributed by atoms with van der Waals surface area (Å²) in [6.45, 7) is 15.9. The van der Waals surface area contributed by atoms with E-state index >= 15 is 0 Å². The molecule has 2 saturated heterocycles. The zero-order chi connectivity index (χ0) is 15.3. The zero-order valence-electron chi connectivity index (χ0n) is 14.7. The molecule has 124 valence electrons. The van der Waals surface area contributed by atoms with Crippen molar-refractivity contribution < 1.29 is 4.74 Å². The molecule has 3 nitrogen and oxygen atoms in total. The van der Waals surface area contributed by atoms with Gasteiger partial charge in [0, 0.05) is 37.2 Å². The van der Waals surface area contributed by atoms with Gasteiger partial charge in [-0.15, -0.1) is 0 Å². The van der Waals surface area contributed by atoms with Crippen molar-refractivity contribution >= 4 is 0 Å². The zero-order valence-corrected chi connectivity index (χ0v) is 14.7. The topological polar surface area (TPSA) is 24.5 Å². The van der Waals surface area contributed by atoms with Crippen LogP contribution in [0.25, 0.3) is 0 Å². The monoisotopic (exact) mass is 296 g/mol. The maximum atomic E-state index is 5.87. The van der Waals surface area contributed by atoms with Crippen LogP contribution in [0.5, 0.6) is 0 Å². The van der Waals surface area contributed by atoms with Gasteiger partial charge in [-0.05, 0) is 58.9 Å². The molecule has 0 aromatic rings. The Morgan fingerprint density at radius 2 is 2.14 bits per heavy atom. The standard InChI is InChI=1S/C18H36N2O/c1-5-7-16-8-10-20(12-16)14-18(9-6-11-21-15-18)13-19-17(2,3)4/h16,19H,5-15H2,1-4H3. The summed E-state index contributed by atoms with van der Waals surface area (Å²) in [6.07, 6.45) is 6.67. The molecule has 21 heavy (non-hydrogen) atoms. The maximum absolute atomic E-state index is 5.87. The van der Waals surface area contributed by atoms with Gasteiger partial charge in [0.05, 0.1) is 6.61 Å². The van der Waals surface area contributed by atoms with E-state index in [4.69, 9.17) is 4.74 Å². The Morgan fingerprint density at radius 3 is 2.76 bits per heavy atom. The number of likely N-dealkylation sites (tertiary alicyclic amines) is 1. The number of rotatable bonds is 6. The van der Waals surface area contributed by atoms with Crippen molar-refractivity contribution in [3.8, 4) is 0 Å². The van der Waals surface area contributed by atoms with E-state index in [1.807, 2.05) is 0 Å². The average molecular weight is 296 g/mol. The van der Waals surface area contributed by atoms with Gasteiger partial charge < -0.3 is 15.0 Å². The van der Waals surface area contributed by atoms with Crippen LogP contribution in [0.4, 0.5) is 0 Å². The van der Waals surface area contributed by atoms with Gasteiger partial charge in [0.1, 0.15) is 0 Å². The second-order valence-corrected chi connectivity index (χ2v) is 8.44. The van der Waals surface area contributed by atoms with Gasteiger partial charge in [0.25, 0.3) is 0 Å². The molecule has 0 amide bonds. The molecule has 2 aliphatic rings. The van der Waals surface area contributed by atoms with Gasteiger partial charge >= 0.3 is 0 Å². The fraction of sp³-hybridized carbons (Fsp3) is 1.00. The molecule has 2 unspecified atom stereocenters. The van der Waals surface area contributed by atoms with E-state index in [1.54, 1.807) is 0 Å². The van der Waals surface area contributed by atoms with Crippen LogP contribution in [0.1, 0.15) is 59.8 Å². The molecule has 0 aromatic heterocycles. The van der Waals surface area contributed by atoms with Gasteiger partial charge in [-0.25, -0.2) is 0 Å². The lowest BCUT2D eigenvalue weighted by atomic mass is 9.81. The van der Waals surface area contributed by atoms with Crippen LogP contribution >= 0.6 is 0 Å². The predicted molar refractivity (Wildman–Crippen MR) is 89.7 cm³/mol. The molecule has 0 bridgehead atoms. The van der Waals surface area contributed by atoms with Gasteiger partial charge in [0.2, 0.25) is 0 Å². The van der Waals surface area contributed by atoms with Gasteiger partial charge in [0.15, 0.2) is 0 Å². The highest BCUT2D eigenvalue weighted by Gasteiger charge is 2.37. The van der Waals surface area contributed by atoms with Crippen molar-refractivity contribution in [2.45, 2.75) is 65.3 Å². The Morgan fingerprint density at radius 1 is 1.33 bits per heavy atom. The van der Waals surface area contributed by atoms with E-state index in [2.05, 4.69) is 37.9 Å². The molecule has 2 fully saturated rings. The Kier molecular flexibility index (Phi) is 6.10. The third kappa shape index (κ3) is 5.54. The number of nitrogens with zero attached hydrogens (tertiary/aromatic N) is 1. The lowest BCUT2D eigenvalue weighted by molar-refractivity contribution is -0.0261. The lowest BCUT2D eigenvalue weighted by Crippen LogP contribution is -2.52. The van der Waals surface area contributed by atoms with Crippen LogP contribution in [-0.2, 0) is 4.74 Å². The third-order valence-electron chi connectivity index (χ3n) is 5.02. The normalized spacial score (nSPS) is 31.7. The fourth-order valence-corrected chi connectivity index (χ4v) is 3.86. The molecule has 2 heterocycles. The second-order valence-electron chi connectivity index (χ2n) is 8.44. The van der Waals surface area contributed by atoms with Crippen LogP contribution < -0.4 is 5.32 Å². The Bertz CT molecular complexity index is 305. The number of hydrogen-bond acceptors (Lipinski definition) is 3. The summed E-state index contributed by atoms with van der Waals surface area (Å²) >= 11 is 0. The minimum Gasteiger partial charge on any atom is -0.381 e. The largest absolute Gasteiger partial charge is 0.381 e. The third-order valence-corrected chi connectivity index (χ3v) is 5.02. The Hall–Kier alpha value is -0.120. The van der Waals surface area contributed by atoms with Gasteiger partial charge in [-0.2, -0.15) is 0 Å². The fourth-order valence-electron chi connectivity index (χ4n) is 3.86. The maximum Gasteiger partial charge on any atom is 0.0546 e. The first-order chi connectivity index (χ1) is 9.92. The van der Waals surface area contributed by atoms with Gasteiger partial charge in [-0.3, -0.25) is 0 Å². The number of ether oxygens (including phenoxy) is 1. The van der Waals surface area contributed by atoms with Crippen LogP contribution in [0.3, 0.4) is 0 Å². The SMILES string of the molecule is CCCC1CCN(CC2(CNC(C)(C)C)CCCOC2)C1.